The van der Waals surface area contributed by atoms with Crippen LogP contribution in [0.3, 0.4) is 0 Å². The van der Waals surface area contributed by atoms with Gasteiger partial charge in [0.05, 0.1) is 0 Å². The number of hydrogen-bond acceptors (Lipinski definition) is 1. The highest BCUT2D eigenvalue weighted by Gasteiger charge is 2.25. The van der Waals surface area contributed by atoms with E-state index in [9.17, 15) is 13.2 Å². The summed E-state index contributed by atoms with van der Waals surface area (Å²) in [5.41, 5.74) is 0. The minimum absolute atomic E-state index is 0.961. The lowest BCUT2D eigenvalue weighted by atomic mass is 10.6. The van der Waals surface area contributed by atoms with Crippen molar-refractivity contribution in [2.45, 2.75) is 13.1 Å². The molecule has 0 radical (unpaired) electrons. The van der Waals surface area contributed by atoms with E-state index in [1.54, 1.807) is 6.92 Å². The molecule has 0 saturated heterocycles. The zero-order chi connectivity index (χ0) is 7.33. The van der Waals surface area contributed by atoms with E-state index >= 15 is 0 Å². The van der Waals surface area contributed by atoms with Gasteiger partial charge in [0.2, 0.25) is 0 Å². The van der Waals surface area contributed by atoms with Crippen LogP contribution in [-0.2, 0) is 0 Å². The molecule has 0 heterocycles. The van der Waals surface area contributed by atoms with Crippen molar-refractivity contribution in [2.75, 3.05) is 6.54 Å². The molecule has 0 aliphatic carbocycles. The van der Waals surface area contributed by atoms with Crippen LogP contribution in [0.15, 0.2) is 12.3 Å². The Morgan fingerprint density at radius 3 is 2.33 bits per heavy atom. The first-order valence-electron chi connectivity index (χ1n) is 2.47. The minimum Gasteiger partial charge on any atom is -0.383 e. The predicted octanol–water partition coefficient (Wildman–Crippen LogP) is 1.67. The summed E-state index contributed by atoms with van der Waals surface area (Å²) < 4.78 is 33.8. The summed E-state index contributed by atoms with van der Waals surface area (Å²) in [5.74, 6) is 0. The molecule has 0 bridgehead atoms. The largest absolute Gasteiger partial charge is 0.405 e. The van der Waals surface area contributed by atoms with E-state index in [1.165, 1.54) is 12.3 Å². The topological polar surface area (TPSA) is 12.0 Å². The molecule has 4 heteroatoms. The lowest BCUT2D eigenvalue weighted by Crippen LogP contribution is -2.24. The van der Waals surface area contributed by atoms with Crippen molar-refractivity contribution in [1.29, 1.82) is 0 Å². The highest BCUT2D eigenvalue weighted by atomic mass is 19.4. The molecular formula is C5H8F3N. The Balaban J connectivity index is 3.28. The van der Waals surface area contributed by atoms with Crippen LogP contribution < -0.4 is 5.32 Å². The maximum atomic E-state index is 11.3. The first-order chi connectivity index (χ1) is 4.06. The zero-order valence-corrected chi connectivity index (χ0v) is 5.00. The van der Waals surface area contributed by atoms with Crippen molar-refractivity contribution in [2.24, 2.45) is 0 Å². The second kappa shape index (κ2) is 3.37. The second-order valence-corrected chi connectivity index (χ2v) is 1.50. The van der Waals surface area contributed by atoms with E-state index < -0.39 is 12.7 Å². The summed E-state index contributed by atoms with van der Waals surface area (Å²) in [6.07, 6.45) is -1.35. The van der Waals surface area contributed by atoms with Gasteiger partial charge >= 0.3 is 6.18 Å². The fraction of sp³-hybridized carbons (Fsp3) is 0.600. The number of rotatable bonds is 2. The lowest BCUT2D eigenvalue weighted by molar-refractivity contribution is -0.122. The van der Waals surface area contributed by atoms with Gasteiger partial charge in [-0.25, -0.2) is 0 Å². The molecule has 0 aliphatic rings. The summed E-state index contributed by atoms with van der Waals surface area (Å²) in [7, 11) is 0. The van der Waals surface area contributed by atoms with Crippen LogP contribution in [0.4, 0.5) is 13.2 Å². The van der Waals surface area contributed by atoms with E-state index in [-0.39, 0.29) is 0 Å². The molecule has 0 aromatic rings. The Bertz CT molecular complexity index is 94.9. The molecule has 0 saturated carbocycles. The first-order valence-corrected chi connectivity index (χ1v) is 2.47. The summed E-state index contributed by atoms with van der Waals surface area (Å²) in [5, 5.41) is 2.07. The Morgan fingerprint density at radius 1 is 1.44 bits per heavy atom. The average Bonchev–Trinajstić information content (AvgIpc) is 1.63. The smallest absolute Gasteiger partial charge is 0.383 e. The first kappa shape index (κ1) is 8.33. The predicted molar refractivity (Wildman–Crippen MR) is 28.9 cm³/mol. The maximum Gasteiger partial charge on any atom is 0.405 e. The van der Waals surface area contributed by atoms with Gasteiger partial charge in [-0.3, -0.25) is 0 Å². The molecule has 54 valence electrons. The quantitative estimate of drug-likeness (QED) is 0.613. The number of nitrogens with one attached hydrogen (secondary N) is 1. The van der Waals surface area contributed by atoms with Gasteiger partial charge in [-0.05, 0) is 13.1 Å². The highest BCUT2D eigenvalue weighted by Crippen LogP contribution is 2.11. The monoisotopic (exact) mass is 139 g/mol. The van der Waals surface area contributed by atoms with Crippen LogP contribution in [0.25, 0.3) is 0 Å². The van der Waals surface area contributed by atoms with Crippen LogP contribution >= 0.6 is 0 Å². The normalized spacial score (nSPS) is 12.4. The Hall–Kier alpha value is -0.670. The van der Waals surface area contributed by atoms with Crippen LogP contribution in [0.5, 0.6) is 0 Å². The third-order valence-electron chi connectivity index (χ3n) is 0.587. The van der Waals surface area contributed by atoms with E-state index in [0.717, 1.165) is 0 Å². The van der Waals surface area contributed by atoms with Gasteiger partial charge in [-0.1, -0.05) is 6.08 Å². The molecule has 0 aliphatic heterocycles. The fourth-order valence-corrected chi connectivity index (χ4v) is 0.293. The summed E-state index contributed by atoms with van der Waals surface area (Å²) in [6, 6.07) is 0. The molecule has 0 aromatic carbocycles. The molecule has 0 rings (SSSR count). The van der Waals surface area contributed by atoms with Crippen LogP contribution in [0.2, 0.25) is 0 Å². The van der Waals surface area contributed by atoms with Crippen molar-refractivity contribution in [3.63, 3.8) is 0 Å². The summed E-state index contributed by atoms with van der Waals surface area (Å²) in [6.45, 7) is 0.681. The molecule has 0 atom stereocenters. The number of allylic oxidation sites excluding steroid dienone is 1. The van der Waals surface area contributed by atoms with Crippen molar-refractivity contribution < 1.29 is 13.2 Å². The molecule has 0 unspecified atom stereocenters. The minimum atomic E-state index is -4.11. The Morgan fingerprint density at radius 2 is 2.00 bits per heavy atom. The Labute approximate surface area is 51.6 Å². The number of halogens is 3. The number of hydrogen-bond donors (Lipinski definition) is 1. The molecule has 0 amide bonds. The van der Waals surface area contributed by atoms with Gasteiger partial charge in [0.25, 0.3) is 0 Å². The van der Waals surface area contributed by atoms with Crippen molar-refractivity contribution in [3.05, 3.63) is 12.3 Å². The average molecular weight is 139 g/mol. The fourth-order valence-electron chi connectivity index (χ4n) is 0.293. The molecule has 0 fully saturated rings. The molecular weight excluding hydrogens is 131 g/mol. The van der Waals surface area contributed by atoms with Gasteiger partial charge in [0.15, 0.2) is 0 Å². The maximum absolute atomic E-state index is 11.3. The molecule has 1 N–H and O–H groups in total. The number of alkyl halides is 3. The van der Waals surface area contributed by atoms with E-state index in [0.29, 0.717) is 0 Å². The molecule has 0 aromatic heterocycles. The third-order valence-corrected chi connectivity index (χ3v) is 0.587. The molecule has 0 spiro atoms. The SMILES string of the molecule is C/C=C/NCC(F)(F)F. The standard InChI is InChI=1S/C5H8F3N/c1-2-3-9-4-5(6,7)8/h2-3,9H,4H2,1H3/b3-2+. The van der Waals surface area contributed by atoms with E-state index in [1.807, 2.05) is 0 Å². The molecule has 9 heavy (non-hydrogen) atoms. The van der Waals surface area contributed by atoms with Crippen LogP contribution in [-0.4, -0.2) is 12.7 Å². The van der Waals surface area contributed by atoms with Gasteiger partial charge < -0.3 is 5.32 Å². The van der Waals surface area contributed by atoms with Crippen LogP contribution in [0.1, 0.15) is 6.92 Å². The van der Waals surface area contributed by atoms with Crippen molar-refractivity contribution >= 4 is 0 Å². The Kier molecular flexibility index (Phi) is 3.12. The third kappa shape index (κ3) is 7.33. The van der Waals surface area contributed by atoms with E-state index in [4.69, 9.17) is 0 Å². The van der Waals surface area contributed by atoms with Gasteiger partial charge in [-0.15, -0.1) is 0 Å². The zero-order valence-electron chi connectivity index (χ0n) is 5.00. The van der Waals surface area contributed by atoms with Crippen molar-refractivity contribution in [3.8, 4) is 0 Å². The molecule has 1 nitrogen and oxygen atoms in total. The van der Waals surface area contributed by atoms with Gasteiger partial charge in [0, 0.05) is 0 Å². The van der Waals surface area contributed by atoms with Gasteiger partial charge in [-0.2, -0.15) is 13.2 Å². The van der Waals surface area contributed by atoms with Crippen LogP contribution in [0, 0.1) is 0 Å². The van der Waals surface area contributed by atoms with Gasteiger partial charge in [0.1, 0.15) is 6.54 Å². The second-order valence-electron chi connectivity index (χ2n) is 1.50. The lowest BCUT2D eigenvalue weighted by Gasteiger charge is -2.03. The summed E-state index contributed by atoms with van der Waals surface area (Å²) in [4.78, 5) is 0. The van der Waals surface area contributed by atoms with Crippen molar-refractivity contribution in [1.82, 2.24) is 5.32 Å². The summed E-state index contributed by atoms with van der Waals surface area (Å²) >= 11 is 0. The highest BCUT2D eigenvalue weighted by molar-refractivity contribution is 4.75. The van der Waals surface area contributed by atoms with E-state index in [2.05, 4.69) is 5.32 Å².